The van der Waals surface area contributed by atoms with E-state index in [1.165, 1.54) is 0 Å². The molecule has 0 aliphatic rings. The van der Waals surface area contributed by atoms with Crippen molar-refractivity contribution in [3.63, 3.8) is 0 Å². The summed E-state index contributed by atoms with van der Waals surface area (Å²) < 4.78 is 0. The maximum Gasteiger partial charge on any atom is 0.186 e. The Hall–Kier alpha value is -1.90. The maximum absolute atomic E-state index is 12.3. The number of hydrogen-bond donors (Lipinski definition) is 1. The van der Waals surface area contributed by atoms with Crippen molar-refractivity contribution < 1.29 is 4.79 Å². The fourth-order valence-electron chi connectivity index (χ4n) is 1.70. The third-order valence-corrected chi connectivity index (χ3v) is 3.37. The molecule has 0 spiro atoms. The van der Waals surface area contributed by atoms with Crippen molar-refractivity contribution >= 4 is 5.78 Å². The number of imidazole rings is 1. The highest BCUT2D eigenvalue weighted by atomic mass is 16.1. The molecule has 0 radical (unpaired) electrons. The molecule has 0 unspecified atom stereocenters. The van der Waals surface area contributed by atoms with E-state index in [9.17, 15) is 4.79 Å². The molecule has 3 heteroatoms. The number of aromatic amines is 1. The molecule has 2 rings (SSSR count). The number of nitrogens with one attached hydrogen (secondary N) is 1. The lowest BCUT2D eigenvalue weighted by atomic mass is 9.84. The zero-order valence-electron chi connectivity index (χ0n) is 11.0. The van der Waals surface area contributed by atoms with Gasteiger partial charge in [-0.05, 0) is 6.42 Å². The van der Waals surface area contributed by atoms with Gasteiger partial charge in [-0.25, -0.2) is 4.98 Å². The van der Waals surface area contributed by atoms with Crippen LogP contribution in [0.15, 0.2) is 36.5 Å². The lowest BCUT2D eigenvalue weighted by Crippen LogP contribution is -2.23. The van der Waals surface area contributed by atoms with Crippen LogP contribution in [0.1, 0.15) is 37.7 Å². The highest BCUT2D eigenvalue weighted by Gasteiger charge is 2.27. The van der Waals surface area contributed by atoms with Gasteiger partial charge in [-0.3, -0.25) is 4.79 Å². The van der Waals surface area contributed by atoms with Gasteiger partial charge in [-0.1, -0.05) is 51.1 Å². The zero-order valence-corrected chi connectivity index (χ0v) is 11.0. The highest BCUT2D eigenvalue weighted by molar-refractivity contribution is 5.98. The smallest absolute Gasteiger partial charge is 0.186 e. The van der Waals surface area contributed by atoms with E-state index >= 15 is 0 Å². The van der Waals surface area contributed by atoms with Gasteiger partial charge in [0.05, 0.1) is 6.20 Å². The Morgan fingerprint density at radius 1 is 1.28 bits per heavy atom. The summed E-state index contributed by atoms with van der Waals surface area (Å²) in [6.07, 6.45) is 2.44. The first-order valence-corrected chi connectivity index (χ1v) is 6.20. The van der Waals surface area contributed by atoms with Crippen molar-refractivity contribution in [3.8, 4) is 11.4 Å². The molecule has 1 aromatic heterocycles. The average molecular weight is 242 g/mol. The molecule has 0 aliphatic carbocycles. The van der Waals surface area contributed by atoms with Crippen LogP contribution >= 0.6 is 0 Å². The van der Waals surface area contributed by atoms with Gasteiger partial charge in [-0.15, -0.1) is 0 Å². The number of Topliss-reactive ketones (excluding diaryl/α,β-unsaturated/α-hetero) is 1. The van der Waals surface area contributed by atoms with Gasteiger partial charge in [0, 0.05) is 11.0 Å². The van der Waals surface area contributed by atoms with Crippen LogP contribution in [0.5, 0.6) is 0 Å². The lowest BCUT2D eigenvalue weighted by molar-refractivity contribution is 0.0828. The molecule has 1 N–H and O–H groups in total. The van der Waals surface area contributed by atoms with E-state index in [-0.39, 0.29) is 11.2 Å². The van der Waals surface area contributed by atoms with Crippen molar-refractivity contribution in [1.82, 2.24) is 9.97 Å². The van der Waals surface area contributed by atoms with Crippen LogP contribution in [-0.2, 0) is 0 Å². The molecule has 1 heterocycles. The first kappa shape index (κ1) is 12.6. The van der Waals surface area contributed by atoms with E-state index in [0.29, 0.717) is 5.69 Å². The van der Waals surface area contributed by atoms with Gasteiger partial charge in [0.25, 0.3) is 0 Å². The average Bonchev–Trinajstić information content (AvgIpc) is 2.88. The van der Waals surface area contributed by atoms with Crippen LogP contribution in [-0.4, -0.2) is 15.8 Å². The van der Waals surface area contributed by atoms with Crippen molar-refractivity contribution in [3.05, 3.63) is 42.2 Å². The van der Waals surface area contributed by atoms with E-state index in [1.807, 2.05) is 51.1 Å². The fraction of sp³-hybridized carbons (Fsp3) is 0.333. The number of aromatic nitrogens is 2. The predicted octanol–water partition coefficient (Wildman–Crippen LogP) is 3.70. The summed E-state index contributed by atoms with van der Waals surface area (Å²) in [6.45, 7) is 5.93. The Kier molecular flexibility index (Phi) is 3.32. The molecule has 3 nitrogen and oxygen atoms in total. The SMILES string of the molecule is CCC(C)(C)C(=O)c1cnc(-c2ccccc2)[nH]1. The Morgan fingerprint density at radius 2 is 1.94 bits per heavy atom. The van der Waals surface area contributed by atoms with Crippen LogP contribution in [0.2, 0.25) is 0 Å². The first-order chi connectivity index (χ1) is 8.54. The summed E-state index contributed by atoms with van der Waals surface area (Å²) in [6, 6.07) is 9.81. The standard InChI is InChI=1S/C15H18N2O/c1-4-15(2,3)13(18)12-10-16-14(17-12)11-8-6-5-7-9-11/h5-10H,4H2,1-3H3,(H,16,17). The van der Waals surface area contributed by atoms with Crippen LogP contribution in [0, 0.1) is 5.41 Å². The van der Waals surface area contributed by atoms with Crippen LogP contribution in [0.3, 0.4) is 0 Å². The molecule has 0 aliphatic heterocycles. The second-order valence-electron chi connectivity index (χ2n) is 5.08. The minimum Gasteiger partial charge on any atom is -0.336 e. The summed E-state index contributed by atoms with van der Waals surface area (Å²) in [5.41, 5.74) is 1.23. The number of H-pyrrole nitrogens is 1. The van der Waals surface area contributed by atoms with E-state index in [1.54, 1.807) is 6.20 Å². The summed E-state index contributed by atoms with van der Waals surface area (Å²) in [7, 11) is 0. The zero-order chi connectivity index (χ0) is 13.2. The molecule has 1 aromatic carbocycles. The van der Waals surface area contributed by atoms with E-state index < -0.39 is 0 Å². The maximum atomic E-state index is 12.3. The third-order valence-electron chi connectivity index (χ3n) is 3.37. The summed E-state index contributed by atoms with van der Waals surface area (Å²) >= 11 is 0. The van der Waals surface area contributed by atoms with Gasteiger partial charge >= 0.3 is 0 Å². The quantitative estimate of drug-likeness (QED) is 0.831. The summed E-state index contributed by atoms with van der Waals surface area (Å²) in [4.78, 5) is 19.7. The normalized spacial score (nSPS) is 11.5. The topological polar surface area (TPSA) is 45.8 Å². The number of hydrogen-bond acceptors (Lipinski definition) is 2. The van der Waals surface area contributed by atoms with E-state index in [0.717, 1.165) is 17.8 Å². The number of nitrogens with zero attached hydrogens (tertiary/aromatic N) is 1. The van der Waals surface area contributed by atoms with Gasteiger partial charge in [0.2, 0.25) is 0 Å². The van der Waals surface area contributed by atoms with Gasteiger partial charge in [0.15, 0.2) is 5.78 Å². The van der Waals surface area contributed by atoms with Crippen LogP contribution in [0.25, 0.3) is 11.4 Å². The molecule has 0 fully saturated rings. The third kappa shape index (κ3) is 2.35. The molecule has 0 saturated heterocycles. The number of carbonyl (C=O) groups is 1. The number of rotatable bonds is 4. The number of benzene rings is 1. The van der Waals surface area contributed by atoms with Crippen LogP contribution < -0.4 is 0 Å². The van der Waals surface area contributed by atoms with E-state index in [2.05, 4.69) is 9.97 Å². The van der Waals surface area contributed by atoms with Crippen molar-refractivity contribution in [1.29, 1.82) is 0 Å². The monoisotopic (exact) mass is 242 g/mol. The van der Waals surface area contributed by atoms with Crippen molar-refractivity contribution in [2.45, 2.75) is 27.2 Å². The first-order valence-electron chi connectivity index (χ1n) is 6.20. The van der Waals surface area contributed by atoms with Gasteiger partial charge in [-0.2, -0.15) is 0 Å². The number of carbonyl (C=O) groups excluding carboxylic acids is 1. The Labute approximate surface area is 107 Å². The molecule has 94 valence electrons. The van der Waals surface area contributed by atoms with E-state index in [4.69, 9.17) is 0 Å². The van der Waals surface area contributed by atoms with Gasteiger partial charge < -0.3 is 4.98 Å². The molecule has 18 heavy (non-hydrogen) atoms. The highest BCUT2D eigenvalue weighted by Crippen LogP contribution is 2.25. The van der Waals surface area contributed by atoms with Crippen LogP contribution in [0.4, 0.5) is 0 Å². The minimum absolute atomic E-state index is 0.111. The Morgan fingerprint density at radius 3 is 2.56 bits per heavy atom. The largest absolute Gasteiger partial charge is 0.336 e. The van der Waals surface area contributed by atoms with Crippen molar-refractivity contribution in [2.24, 2.45) is 5.41 Å². The molecular weight excluding hydrogens is 224 g/mol. The van der Waals surface area contributed by atoms with Gasteiger partial charge in [0.1, 0.15) is 11.5 Å². The molecule has 0 amide bonds. The lowest BCUT2D eigenvalue weighted by Gasteiger charge is -2.19. The molecule has 0 bridgehead atoms. The Bertz CT molecular complexity index is 541. The second kappa shape index (κ2) is 4.77. The minimum atomic E-state index is -0.347. The fourth-order valence-corrected chi connectivity index (χ4v) is 1.70. The molecule has 2 aromatic rings. The second-order valence-corrected chi connectivity index (χ2v) is 5.08. The summed E-state index contributed by atoms with van der Waals surface area (Å²) in [5, 5.41) is 0. The Balaban J connectivity index is 2.29. The van der Waals surface area contributed by atoms with Crippen molar-refractivity contribution in [2.75, 3.05) is 0 Å². The molecular formula is C15H18N2O. The number of ketones is 1. The summed E-state index contributed by atoms with van der Waals surface area (Å²) in [5.74, 6) is 0.852. The molecule has 0 saturated carbocycles. The molecule has 0 atom stereocenters. The predicted molar refractivity (Wildman–Crippen MR) is 72.4 cm³/mol.